The third-order valence-electron chi connectivity index (χ3n) is 4.70. The van der Waals surface area contributed by atoms with Crippen LogP contribution in [0.25, 0.3) is 0 Å². The van der Waals surface area contributed by atoms with E-state index >= 15 is 0 Å². The van der Waals surface area contributed by atoms with E-state index in [-0.39, 0.29) is 5.60 Å². The van der Waals surface area contributed by atoms with E-state index in [1.165, 1.54) is 12.8 Å². The van der Waals surface area contributed by atoms with Crippen molar-refractivity contribution in [3.63, 3.8) is 0 Å². The Morgan fingerprint density at radius 3 is 2.83 bits per heavy atom. The van der Waals surface area contributed by atoms with E-state index in [0.717, 1.165) is 45.6 Å². The van der Waals surface area contributed by atoms with Crippen molar-refractivity contribution in [2.75, 3.05) is 33.4 Å². The predicted octanol–water partition coefficient (Wildman–Crippen LogP) is 1.44. The number of nitrogens with zero attached hydrogens (tertiary/aromatic N) is 1. The number of hydrogen-bond acceptors (Lipinski definition) is 3. The van der Waals surface area contributed by atoms with Crippen molar-refractivity contribution in [2.45, 2.75) is 37.7 Å². The van der Waals surface area contributed by atoms with Gasteiger partial charge in [-0.2, -0.15) is 0 Å². The van der Waals surface area contributed by atoms with Gasteiger partial charge in [0, 0.05) is 26.7 Å². The summed E-state index contributed by atoms with van der Waals surface area (Å²) in [5.74, 6) is 1.59. The lowest BCUT2D eigenvalue weighted by Gasteiger charge is -2.50. The lowest BCUT2D eigenvalue weighted by Crippen LogP contribution is -2.66. The number of rotatable bonds is 5. The van der Waals surface area contributed by atoms with E-state index < -0.39 is 0 Å². The minimum absolute atomic E-state index is 0.0300. The highest BCUT2D eigenvalue weighted by molar-refractivity contribution is 5.78. The van der Waals surface area contributed by atoms with Gasteiger partial charge in [-0.05, 0) is 37.5 Å². The number of hydrogen-bond donors (Lipinski definition) is 0. The van der Waals surface area contributed by atoms with Crippen LogP contribution in [0.15, 0.2) is 0 Å². The van der Waals surface area contributed by atoms with Crippen molar-refractivity contribution in [3.8, 4) is 0 Å². The van der Waals surface area contributed by atoms with E-state index in [2.05, 4.69) is 0 Å². The molecule has 0 N–H and O–H groups in total. The molecule has 102 valence electrons. The van der Waals surface area contributed by atoms with Crippen molar-refractivity contribution in [3.05, 3.63) is 0 Å². The lowest BCUT2D eigenvalue weighted by molar-refractivity contribution is -0.166. The maximum Gasteiger partial charge on any atom is 0.223 e. The molecule has 4 nitrogen and oxygen atoms in total. The highest BCUT2D eigenvalue weighted by atomic mass is 16.5. The summed E-state index contributed by atoms with van der Waals surface area (Å²) < 4.78 is 11.1. The zero-order chi connectivity index (χ0) is 12.6. The number of likely N-dealkylation sites (tertiary alicyclic amines) is 1. The molecule has 1 amide bonds. The molecule has 0 bridgehead atoms. The molecule has 1 atom stereocenters. The summed E-state index contributed by atoms with van der Waals surface area (Å²) in [7, 11) is 1.74. The molecule has 0 radical (unpaired) electrons. The standard InChI is InChI=1S/C14H23NO3/c1-17-6-4-12-5-7-18-14(12)9-15(10-14)13(16)8-11-2-3-11/h11-12H,2-10H2,1H3. The Morgan fingerprint density at radius 1 is 1.39 bits per heavy atom. The fourth-order valence-electron chi connectivity index (χ4n) is 3.28. The van der Waals surface area contributed by atoms with Crippen molar-refractivity contribution in [2.24, 2.45) is 11.8 Å². The summed E-state index contributed by atoms with van der Waals surface area (Å²) in [5.41, 5.74) is -0.0300. The third kappa shape index (κ3) is 2.28. The number of amides is 1. The molecule has 2 aliphatic heterocycles. The van der Waals surface area contributed by atoms with Gasteiger partial charge in [0.05, 0.1) is 13.1 Å². The Labute approximate surface area is 109 Å². The highest BCUT2D eigenvalue weighted by Gasteiger charge is 2.54. The van der Waals surface area contributed by atoms with Gasteiger partial charge >= 0.3 is 0 Å². The number of carbonyl (C=O) groups is 1. The first kappa shape index (κ1) is 12.4. The average molecular weight is 253 g/mol. The quantitative estimate of drug-likeness (QED) is 0.744. The summed E-state index contributed by atoms with van der Waals surface area (Å²) in [6.45, 7) is 3.27. The van der Waals surface area contributed by atoms with Gasteiger partial charge in [-0.3, -0.25) is 4.79 Å². The van der Waals surface area contributed by atoms with Crippen molar-refractivity contribution >= 4 is 5.91 Å². The molecule has 1 unspecified atom stereocenters. The maximum absolute atomic E-state index is 12.0. The molecule has 0 aromatic carbocycles. The molecular weight excluding hydrogens is 230 g/mol. The molecule has 0 aromatic rings. The molecule has 2 saturated heterocycles. The maximum atomic E-state index is 12.0. The van der Waals surface area contributed by atoms with Crippen LogP contribution in [-0.4, -0.2) is 49.8 Å². The number of carbonyl (C=O) groups excluding carboxylic acids is 1. The first-order valence-corrected chi connectivity index (χ1v) is 7.14. The lowest BCUT2D eigenvalue weighted by atomic mass is 9.79. The van der Waals surface area contributed by atoms with Gasteiger partial charge in [0.15, 0.2) is 0 Å². The van der Waals surface area contributed by atoms with Crippen LogP contribution in [0.4, 0.5) is 0 Å². The van der Waals surface area contributed by atoms with E-state index in [0.29, 0.717) is 17.7 Å². The monoisotopic (exact) mass is 253 g/mol. The van der Waals surface area contributed by atoms with Gasteiger partial charge in [0.2, 0.25) is 5.91 Å². The summed E-state index contributed by atoms with van der Waals surface area (Å²) in [6.07, 6.45) is 5.43. The van der Waals surface area contributed by atoms with E-state index in [4.69, 9.17) is 9.47 Å². The van der Waals surface area contributed by atoms with E-state index in [1.54, 1.807) is 7.11 Å². The van der Waals surface area contributed by atoms with Crippen LogP contribution >= 0.6 is 0 Å². The van der Waals surface area contributed by atoms with Crippen LogP contribution in [0.3, 0.4) is 0 Å². The molecule has 3 rings (SSSR count). The second kappa shape index (κ2) is 4.82. The molecule has 2 heterocycles. The Hall–Kier alpha value is -0.610. The van der Waals surface area contributed by atoms with Gasteiger partial charge in [-0.25, -0.2) is 0 Å². The molecule has 3 aliphatic rings. The zero-order valence-electron chi connectivity index (χ0n) is 11.2. The molecule has 4 heteroatoms. The molecule has 18 heavy (non-hydrogen) atoms. The van der Waals surface area contributed by atoms with Gasteiger partial charge < -0.3 is 14.4 Å². The molecule has 1 aliphatic carbocycles. The third-order valence-corrected chi connectivity index (χ3v) is 4.70. The minimum atomic E-state index is -0.0300. The SMILES string of the molecule is COCCC1CCOC12CN(C(=O)CC1CC1)C2. The normalized spacial score (nSPS) is 29.6. The smallest absolute Gasteiger partial charge is 0.223 e. The fourth-order valence-corrected chi connectivity index (χ4v) is 3.28. The van der Waals surface area contributed by atoms with Crippen LogP contribution < -0.4 is 0 Å². The molecule has 0 aromatic heterocycles. The van der Waals surface area contributed by atoms with Gasteiger partial charge in [-0.15, -0.1) is 0 Å². The molecule has 1 spiro atoms. The van der Waals surface area contributed by atoms with Crippen LogP contribution in [0.5, 0.6) is 0 Å². The van der Waals surface area contributed by atoms with Gasteiger partial charge in [-0.1, -0.05) is 0 Å². The predicted molar refractivity (Wildman–Crippen MR) is 67.2 cm³/mol. The zero-order valence-corrected chi connectivity index (χ0v) is 11.2. The average Bonchev–Trinajstić information content (AvgIpc) is 3.01. The Balaban J connectivity index is 1.50. The summed E-state index contributed by atoms with van der Waals surface area (Å²) in [5, 5.41) is 0. The van der Waals surface area contributed by atoms with Crippen LogP contribution in [-0.2, 0) is 14.3 Å². The summed E-state index contributed by atoms with van der Waals surface area (Å²) in [4.78, 5) is 14.0. The van der Waals surface area contributed by atoms with Crippen LogP contribution in [0.1, 0.15) is 32.1 Å². The highest BCUT2D eigenvalue weighted by Crippen LogP contribution is 2.42. The summed E-state index contributed by atoms with van der Waals surface area (Å²) >= 11 is 0. The molecular formula is C14H23NO3. The summed E-state index contributed by atoms with van der Waals surface area (Å²) in [6, 6.07) is 0. The second-order valence-electron chi connectivity index (χ2n) is 6.08. The first-order valence-electron chi connectivity index (χ1n) is 7.14. The van der Waals surface area contributed by atoms with Crippen LogP contribution in [0, 0.1) is 11.8 Å². The van der Waals surface area contributed by atoms with Crippen molar-refractivity contribution < 1.29 is 14.3 Å². The fraction of sp³-hybridized carbons (Fsp3) is 0.929. The second-order valence-corrected chi connectivity index (χ2v) is 6.08. The Bertz CT molecular complexity index is 321. The van der Waals surface area contributed by atoms with E-state index in [1.807, 2.05) is 4.90 Å². The van der Waals surface area contributed by atoms with Crippen molar-refractivity contribution in [1.29, 1.82) is 0 Å². The first-order chi connectivity index (χ1) is 8.73. The van der Waals surface area contributed by atoms with E-state index in [9.17, 15) is 4.79 Å². The number of ether oxygens (including phenoxy) is 2. The number of methoxy groups -OCH3 is 1. The van der Waals surface area contributed by atoms with Gasteiger partial charge in [0.25, 0.3) is 0 Å². The van der Waals surface area contributed by atoms with Gasteiger partial charge in [0.1, 0.15) is 5.60 Å². The minimum Gasteiger partial charge on any atom is -0.385 e. The molecule has 3 fully saturated rings. The van der Waals surface area contributed by atoms with Crippen molar-refractivity contribution in [1.82, 2.24) is 4.90 Å². The Kier molecular flexibility index (Phi) is 3.32. The topological polar surface area (TPSA) is 38.8 Å². The Morgan fingerprint density at radius 2 is 2.17 bits per heavy atom. The van der Waals surface area contributed by atoms with Crippen LogP contribution in [0.2, 0.25) is 0 Å². The molecule has 1 saturated carbocycles. The largest absolute Gasteiger partial charge is 0.385 e.